The van der Waals surface area contributed by atoms with Crippen molar-refractivity contribution >= 4 is 17.7 Å². The monoisotopic (exact) mass is 307 g/mol. The lowest BCUT2D eigenvalue weighted by Gasteiger charge is -2.20. The Bertz CT molecular complexity index is 483. The molecule has 2 amide bonds. The van der Waals surface area contributed by atoms with Gasteiger partial charge in [-0.25, -0.2) is 4.79 Å². The van der Waals surface area contributed by atoms with Gasteiger partial charge in [0.2, 0.25) is 5.91 Å². The van der Waals surface area contributed by atoms with Gasteiger partial charge in [0, 0.05) is 25.8 Å². The molecule has 122 valence electrons. The largest absolute Gasteiger partial charge is 0.444 e. The van der Waals surface area contributed by atoms with Crippen molar-refractivity contribution in [1.82, 2.24) is 10.6 Å². The van der Waals surface area contributed by atoms with Gasteiger partial charge in [0.1, 0.15) is 5.60 Å². The third-order valence-corrected chi connectivity index (χ3v) is 2.69. The summed E-state index contributed by atoms with van der Waals surface area (Å²) in [5.41, 5.74) is 0.454. The predicted molar refractivity (Wildman–Crippen MR) is 87.0 cm³/mol. The Hall–Kier alpha value is -2.24. The summed E-state index contributed by atoms with van der Waals surface area (Å²) >= 11 is 0. The number of para-hydroxylation sites is 1. The van der Waals surface area contributed by atoms with E-state index in [4.69, 9.17) is 4.74 Å². The summed E-state index contributed by atoms with van der Waals surface area (Å²) in [5, 5.41) is 5.34. The summed E-state index contributed by atoms with van der Waals surface area (Å²) in [4.78, 5) is 25.1. The van der Waals surface area contributed by atoms with Crippen molar-refractivity contribution in [2.24, 2.45) is 0 Å². The first-order chi connectivity index (χ1) is 10.3. The number of nitrogens with zero attached hydrogens (tertiary/aromatic N) is 1. The molecule has 0 radical (unpaired) electrons. The van der Waals surface area contributed by atoms with Crippen molar-refractivity contribution < 1.29 is 14.3 Å². The molecule has 1 aromatic rings. The molecule has 1 rings (SSSR count). The van der Waals surface area contributed by atoms with E-state index in [0.717, 1.165) is 5.69 Å². The van der Waals surface area contributed by atoms with Crippen LogP contribution in [-0.2, 0) is 9.53 Å². The van der Waals surface area contributed by atoms with Crippen LogP contribution in [0.2, 0.25) is 0 Å². The van der Waals surface area contributed by atoms with E-state index in [0.29, 0.717) is 13.1 Å². The van der Waals surface area contributed by atoms with Crippen LogP contribution in [0.4, 0.5) is 10.5 Å². The zero-order chi connectivity index (χ0) is 16.6. The fourth-order valence-corrected chi connectivity index (χ4v) is 1.73. The van der Waals surface area contributed by atoms with E-state index in [1.54, 1.807) is 20.8 Å². The maximum atomic E-state index is 11.8. The summed E-state index contributed by atoms with van der Waals surface area (Å²) < 4.78 is 5.10. The second-order valence-electron chi connectivity index (χ2n) is 5.97. The molecule has 0 heterocycles. The first kappa shape index (κ1) is 17.8. The van der Waals surface area contributed by atoms with Gasteiger partial charge >= 0.3 is 6.09 Å². The van der Waals surface area contributed by atoms with Crippen LogP contribution in [0.1, 0.15) is 20.8 Å². The van der Waals surface area contributed by atoms with Gasteiger partial charge in [-0.1, -0.05) is 18.2 Å². The summed E-state index contributed by atoms with van der Waals surface area (Å²) in [6, 6.07) is 9.66. The highest BCUT2D eigenvalue weighted by atomic mass is 16.6. The Kier molecular flexibility index (Phi) is 6.69. The van der Waals surface area contributed by atoms with Gasteiger partial charge in [0.05, 0.1) is 6.54 Å². The van der Waals surface area contributed by atoms with Crippen molar-refractivity contribution in [3.63, 3.8) is 0 Å². The minimum absolute atomic E-state index is 0.0997. The van der Waals surface area contributed by atoms with Crippen molar-refractivity contribution in [2.45, 2.75) is 26.4 Å². The molecule has 0 fully saturated rings. The second kappa shape index (κ2) is 8.26. The second-order valence-corrected chi connectivity index (χ2v) is 5.97. The minimum Gasteiger partial charge on any atom is -0.444 e. The average Bonchev–Trinajstić information content (AvgIpc) is 2.42. The Morgan fingerprint density at radius 1 is 1.09 bits per heavy atom. The van der Waals surface area contributed by atoms with E-state index in [1.165, 1.54) is 0 Å². The number of rotatable bonds is 6. The zero-order valence-electron chi connectivity index (χ0n) is 13.7. The molecule has 0 aliphatic rings. The normalized spacial score (nSPS) is 10.7. The molecule has 0 spiro atoms. The van der Waals surface area contributed by atoms with E-state index in [2.05, 4.69) is 10.6 Å². The van der Waals surface area contributed by atoms with Crippen molar-refractivity contribution in [3.05, 3.63) is 30.3 Å². The molecule has 0 saturated carbocycles. The number of carbonyl (C=O) groups excluding carboxylic acids is 2. The first-order valence-corrected chi connectivity index (χ1v) is 7.27. The molecule has 22 heavy (non-hydrogen) atoms. The van der Waals surface area contributed by atoms with E-state index in [-0.39, 0.29) is 12.5 Å². The predicted octanol–water partition coefficient (Wildman–Crippen LogP) is 1.76. The number of benzene rings is 1. The number of ether oxygens (including phenoxy) is 1. The van der Waals surface area contributed by atoms with Gasteiger partial charge in [-0.05, 0) is 32.9 Å². The van der Waals surface area contributed by atoms with E-state index < -0.39 is 11.7 Å². The number of hydrogen-bond acceptors (Lipinski definition) is 4. The molecule has 0 aromatic heterocycles. The van der Waals surface area contributed by atoms with Gasteiger partial charge in [-0.2, -0.15) is 0 Å². The lowest BCUT2D eigenvalue weighted by Crippen LogP contribution is -2.40. The standard InChI is InChI=1S/C16H25N3O3/c1-16(2,3)22-15(21)18-11-10-17-14(20)12-19(4)13-8-6-5-7-9-13/h5-9H,10-12H2,1-4H3,(H,17,20)(H,18,21). The first-order valence-electron chi connectivity index (χ1n) is 7.27. The molecule has 6 nitrogen and oxygen atoms in total. The fraction of sp³-hybridized carbons (Fsp3) is 0.500. The van der Waals surface area contributed by atoms with Crippen LogP contribution in [0.25, 0.3) is 0 Å². The highest BCUT2D eigenvalue weighted by Gasteiger charge is 2.15. The van der Waals surface area contributed by atoms with Gasteiger partial charge in [-0.15, -0.1) is 0 Å². The molecule has 1 aromatic carbocycles. The molecule has 0 saturated heterocycles. The third-order valence-electron chi connectivity index (χ3n) is 2.69. The van der Waals surface area contributed by atoms with Crippen molar-refractivity contribution in [3.8, 4) is 0 Å². The van der Waals surface area contributed by atoms with E-state index in [1.807, 2.05) is 42.3 Å². The molecular weight excluding hydrogens is 282 g/mol. The average molecular weight is 307 g/mol. The van der Waals surface area contributed by atoms with Crippen molar-refractivity contribution in [2.75, 3.05) is 31.6 Å². The van der Waals surface area contributed by atoms with Crippen LogP contribution in [0.15, 0.2) is 30.3 Å². The van der Waals surface area contributed by atoms with Gasteiger partial charge in [-0.3, -0.25) is 4.79 Å². The number of likely N-dealkylation sites (N-methyl/N-ethyl adjacent to an activating group) is 1. The van der Waals surface area contributed by atoms with Crippen LogP contribution in [0, 0.1) is 0 Å². The van der Waals surface area contributed by atoms with Crippen molar-refractivity contribution in [1.29, 1.82) is 0 Å². The molecular formula is C16H25N3O3. The van der Waals surface area contributed by atoms with E-state index in [9.17, 15) is 9.59 Å². The fourth-order valence-electron chi connectivity index (χ4n) is 1.73. The highest BCUT2D eigenvalue weighted by Crippen LogP contribution is 2.09. The van der Waals surface area contributed by atoms with Crippen LogP contribution < -0.4 is 15.5 Å². The van der Waals surface area contributed by atoms with Crippen LogP contribution in [-0.4, -0.2) is 44.3 Å². The van der Waals surface area contributed by atoms with Crippen LogP contribution in [0.5, 0.6) is 0 Å². The zero-order valence-corrected chi connectivity index (χ0v) is 13.7. The molecule has 0 aliphatic carbocycles. The number of anilines is 1. The maximum Gasteiger partial charge on any atom is 0.407 e. The molecule has 0 atom stereocenters. The minimum atomic E-state index is -0.522. The Morgan fingerprint density at radius 2 is 1.68 bits per heavy atom. The Labute approximate surface area is 131 Å². The lowest BCUT2D eigenvalue weighted by molar-refractivity contribution is -0.119. The third kappa shape index (κ3) is 7.52. The van der Waals surface area contributed by atoms with Gasteiger partial charge in [0.15, 0.2) is 0 Å². The summed E-state index contributed by atoms with van der Waals surface area (Å²) in [5.74, 6) is -0.0997. The number of amides is 2. The Morgan fingerprint density at radius 3 is 2.27 bits per heavy atom. The number of alkyl carbamates (subject to hydrolysis) is 1. The molecule has 0 unspecified atom stereocenters. The number of carbonyl (C=O) groups is 2. The quantitative estimate of drug-likeness (QED) is 0.786. The molecule has 0 aliphatic heterocycles. The highest BCUT2D eigenvalue weighted by molar-refractivity contribution is 5.81. The van der Waals surface area contributed by atoms with E-state index >= 15 is 0 Å². The topological polar surface area (TPSA) is 70.7 Å². The van der Waals surface area contributed by atoms with Crippen LogP contribution in [0.3, 0.4) is 0 Å². The van der Waals surface area contributed by atoms with Crippen LogP contribution >= 0.6 is 0 Å². The lowest BCUT2D eigenvalue weighted by atomic mass is 10.2. The van der Waals surface area contributed by atoms with Gasteiger partial charge < -0.3 is 20.3 Å². The summed E-state index contributed by atoms with van der Waals surface area (Å²) in [7, 11) is 1.86. The Balaban J connectivity index is 2.20. The maximum absolute atomic E-state index is 11.8. The number of nitrogens with one attached hydrogen (secondary N) is 2. The smallest absolute Gasteiger partial charge is 0.407 e. The summed E-state index contributed by atoms with van der Waals surface area (Å²) in [6.45, 7) is 6.35. The molecule has 0 bridgehead atoms. The summed E-state index contributed by atoms with van der Waals surface area (Å²) in [6.07, 6.45) is -0.483. The van der Waals surface area contributed by atoms with Gasteiger partial charge in [0.25, 0.3) is 0 Å². The number of hydrogen-bond donors (Lipinski definition) is 2. The SMILES string of the molecule is CN(CC(=O)NCCNC(=O)OC(C)(C)C)c1ccccc1. The molecule has 2 N–H and O–H groups in total. The molecule has 6 heteroatoms.